The van der Waals surface area contributed by atoms with Crippen molar-refractivity contribution >= 4 is 49.9 Å². The Labute approximate surface area is 297 Å². The van der Waals surface area contributed by atoms with Gasteiger partial charge in [-0.3, -0.25) is 0 Å². The number of aromatic nitrogens is 1. The van der Waals surface area contributed by atoms with E-state index in [-0.39, 0.29) is 5.41 Å². The fourth-order valence-corrected chi connectivity index (χ4v) is 8.12. The topological polar surface area (TPSA) is 29.3 Å². The van der Waals surface area contributed by atoms with Gasteiger partial charge in [-0.05, 0) is 74.7 Å². The van der Waals surface area contributed by atoms with Gasteiger partial charge in [0.05, 0.1) is 17.6 Å². The first-order valence-electron chi connectivity index (χ1n) is 17.5. The van der Waals surface area contributed by atoms with Crippen LogP contribution >= 0.6 is 0 Å². The third-order valence-corrected chi connectivity index (χ3v) is 10.7. The van der Waals surface area contributed by atoms with Gasteiger partial charge in [0.2, 0.25) is 0 Å². The molecule has 0 saturated heterocycles. The molecule has 2 aromatic heterocycles. The number of fused-ring (bicyclic) bond motifs is 8. The molecule has 1 aliphatic carbocycles. The highest BCUT2D eigenvalue weighted by Gasteiger charge is 2.37. The van der Waals surface area contributed by atoms with Gasteiger partial charge >= 0.3 is 0 Å². The third-order valence-electron chi connectivity index (χ3n) is 10.7. The lowest BCUT2D eigenvalue weighted by Gasteiger charge is -2.30. The summed E-state index contributed by atoms with van der Waals surface area (Å²) in [5.41, 5.74) is 15.3. The average molecular weight is 655 g/mol. The van der Waals surface area contributed by atoms with Crippen LogP contribution in [0.3, 0.4) is 0 Å². The second kappa shape index (κ2) is 11.3. The highest BCUT2D eigenvalue weighted by molar-refractivity contribution is 6.14. The Balaban J connectivity index is 1.24. The van der Waals surface area contributed by atoms with Crippen molar-refractivity contribution in [1.29, 1.82) is 0 Å². The molecule has 2 heterocycles. The molecule has 3 heteroatoms. The predicted molar refractivity (Wildman–Crippen MR) is 212 cm³/mol. The molecule has 0 spiro atoms. The van der Waals surface area contributed by atoms with E-state index in [1.807, 2.05) is 6.20 Å². The van der Waals surface area contributed by atoms with Crippen molar-refractivity contribution in [1.82, 2.24) is 4.98 Å². The van der Waals surface area contributed by atoms with Gasteiger partial charge in [-0.25, -0.2) is 4.98 Å². The summed E-state index contributed by atoms with van der Waals surface area (Å²) in [5.74, 6) is 0. The van der Waals surface area contributed by atoms with Crippen molar-refractivity contribution in [3.05, 3.63) is 181 Å². The molecule has 0 bridgehead atoms. The molecule has 7 aromatic carbocycles. The van der Waals surface area contributed by atoms with Crippen LogP contribution in [0.4, 0.5) is 17.1 Å². The first-order chi connectivity index (χ1) is 25.0. The molecule has 0 amide bonds. The second-order valence-corrected chi connectivity index (χ2v) is 14.0. The van der Waals surface area contributed by atoms with Crippen molar-refractivity contribution in [3.8, 4) is 33.4 Å². The van der Waals surface area contributed by atoms with Gasteiger partial charge in [0.15, 0.2) is 5.58 Å². The third kappa shape index (κ3) is 4.62. The van der Waals surface area contributed by atoms with Crippen molar-refractivity contribution < 1.29 is 4.42 Å². The van der Waals surface area contributed by atoms with E-state index in [1.54, 1.807) is 0 Å². The maximum absolute atomic E-state index is 6.68. The minimum absolute atomic E-state index is 0.166. The van der Waals surface area contributed by atoms with Crippen molar-refractivity contribution in [2.45, 2.75) is 19.3 Å². The lowest BCUT2D eigenvalue weighted by atomic mass is 9.81. The molecule has 0 unspecified atom stereocenters. The van der Waals surface area contributed by atoms with E-state index in [0.717, 1.165) is 61.0 Å². The van der Waals surface area contributed by atoms with Crippen molar-refractivity contribution in [2.75, 3.05) is 4.90 Å². The summed E-state index contributed by atoms with van der Waals surface area (Å²) in [4.78, 5) is 7.47. The molecule has 9 aromatic rings. The Morgan fingerprint density at radius 1 is 0.510 bits per heavy atom. The second-order valence-electron chi connectivity index (χ2n) is 14.0. The summed E-state index contributed by atoms with van der Waals surface area (Å²) >= 11 is 0. The van der Waals surface area contributed by atoms with Crippen LogP contribution in [0.25, 0.3) is 66.2 Å². The van der Waals surface area contributed by atoms with Gasteiger partial charge in [-0.15, -0.1) is 0 Å². The Morgan fingerprint density at radius 3 is 2.00 bits per heavy atom. The number of rotatable bonds is 5. The maximum atomic E-state index is 6.68. The summed E-state index contributed by atoms with van der Waals surface area (Å²) in [7, 11) is 0. The smallest absolute Gasteiger partial charge is 0.155 e. The summed E-state index contributed by atoms with van der Waals surface area (Å²) < 4.78 is 6.68. The van der Waals surface area contributed by atoms with E-state index in [2.05, 4.69) is 183 Å². The molecule has 3 nitrogen and oxygen atoms in total. The summed E-state index contributed by atoms with van der Waals surface area (Å²) in [5, 5.41) is 3.27. The molecule has 242 valence electrons. The van der Waals surface area contributed by atoms with E-state index < -0.39 is 0 Å². The molecule has 0 saturated carbocycles. The highest BCUT2D eigenvalue weighted by atomic mass is 16.3. The standard InChI is InChI=1S/C48H34N2O/c1-48(2)42-20-12-11-19-38(42)41-28-40(33-15-7-4-8-16-33)44(29-43(41)48)50(35-24-21-32(22-25-35)31-13-5-3-6-14-31)36-27-45-46(49-30-36)39-26-23-34-17-9-10-18-37(34)47(39)51-45/h3-30H,1-2H3. The largest absolute Gasteiger partial charge is 0.454 e. The highest BCUT2D eigenvalue weighted by Crippen LogP contribution is 2.53. The van der Waals surface area contributed by atoms with E-state index >= 15 is 0 Å². The van der Waals surface area contributed by atoms with E-state index in [9.17, 15) is 0 Å². The fourth-order valence-electron chi connectivity index (χ4n) is 8.12. The van der Waals surface area contributed by atoms with E-state index in [0.29, 0.717) is 0 Å². The Kier molecular flexibility index (Phi) is 6.53. The molecule has 10 rings (SSSR count). The molecular weight excluding hydrogens is 621 g/mol. The van der Waals surface area contributed by atoms with Crippen molar-refractivity contribution in [3.63, 3.8) is 0 Å². The zero-order valence-electron chi connectivity index (χ0n) is 28.5. The van der Waals surface area contributed by atoms with Crippen LogP contribution < -0.4 is 4.90 Å². The van der Waals surface area contributed by atoms with Crippen molar-refractivity contribution in [2.24, 2.45) is 0 Å². The first kappa shape index (κ1) is 29.5. The van der Waals surface area contributed by atoms with Gasteiger partial charge in [0.25, 0.3) is 0 Å². The summed E-state index contributed by atoms with van der Waals surface area (Å²) in [6.45, 7) is 4.68. The summed E-state index contributed by atoms with van der Waals surface area (Å²) in [6, 6.07) is 58.6. The SMILES string of the molecule is CC1(C)c2ccccc2-c2cc(-c3ccccc3)c(N(c3ccc(-c4ccccc4)cc3)c3cnc4c(c3)oc3c5ccccc5ccc43)cc21. The van der Waals surface area contributed by atoms with Gasteiger partial charge in [0.1, 0.15) is 11.1 Å². The van der Waals surface area contributed by atoms with Crippen LogP contribution in [0.1, 0.15) is 25.0 Å². The Bertz CT molecular complexity index is 2760. The number of furan rings is 1. The van der Waals surface area contributed by atoms with Crippen LogP contribution in [0.15, 0.2) is 174 Å². The van der Waals surface area contributed by atoms with Gasteiger partial charge in [-0.2, -0.15) is 0 Å². The van der Waals surface area contributed by atoms with Crippen LogP contribution in [0, 0.1) is 0 Å². The Morgan fingerprint density at radius 2 is 1.20 bits per heavy atom. The summed E-state index contributed by atoms with van der Waals surface area (Å²) in [6.07, 6.45) is 2.00. The quantitative estimate of drug-likeness (QED) is 0.185. The molecule has 0 aliphatic heterocycles. The molecule has 0 atom stereocenters. The maximum Gasteiger partial charge on any atom is 0.155 e. The number of anilines is 3. The van der Waals surface area contributed by atoms with Gasteiger partial charge < -0.3 is 9.32 Å². The number of pyridine rings is 1. The van der Waals surface area contributed by atoms with Crippen LogP contribution in [-0.2, 0) is 5.41 Å². The monoisotopic (exact) mass is 654 g/mol. The zero-order valence-corrected chi connectivity index (χ0v) is 28.5. The normalized spacial score (nSPS) is 13.1. The van der Waals surface area contributed by atoms with Crippen LogP contribution in [0.5, 0.6) is 0 Å². The number of nitrogens with zero attached hydrogens (tertiary/aromatic N) is 2. The molecular formula is C48H34N2O. The number of hydrogen-bond acceptors (Lipinski definition) is 3. The minimum atomic E-state index is -0.166. The lowest BCUT2D eigenvalue weighted by molar-refractivity contribution is 0.660. The lowest BCUT2D eigenvalue weighted by Crippen LogP contribution is -2.17. The van der Waals surface area contributed by atoms with E-state index in [1.165, 1.54) is 33.4 Å². The van der Waals surface area contributed by atoms with Gasteiger partial charge in [0, 0.05) is 33.5 Å². The number of hydrogen-bond donors (Lipinski definition) is 0. The van der Waals surface area contributed by atoms with Crippen LogP contribution in [-0.4, -0.2) is 4.98 Å². The molecule has 0 fully saturated rings. The fraction of sp³-hybridized carbons (Fsp3) is 0.0625. The van der Waals surface area contributed by atoms with E-state index in [4.69, 9.17) is 9.40 Å². The molecule has 1 aliphatic rings. The molecule has 0 radical (unpaired) electrons. The Hall–Kier alpha value is -6.45. The average Bonchev–Trinajstić information content (AvgIpc) is 3.67. The minimum Gasteiger partial charge on any atom is -0.454 e. The molecule has 51 heavy (non-hydrogen) atoms. The van der Waals surface area contributed by atoms with Gasteiger partial charge in [-0.1, -0.05) is 141 Å². The number of benzene rings is 7. The van der Waals surface area contributed by atoms with Crippen LogP contribution in [0.2, 0.25) is 0 Å². The first-order valence-corrected chi connectivity index (χ1v) is 17.5. The predicted octanol–water partition coefficient (Wildman–Crippen LogP) is 13.2. The molecule has 0 N–H and O–H groups in total. The zero-order chi connectivity index (χ0) is 34.1.